The Labute approximate surface area is 136 Å². The minimum Gasteiger partial charge on any atom is -0.374 e. The summed E-state index contributed by atoms with van der Waals surface area (Å²) in [6, 6.07) is 2.22. The predicted octanol–water partition coefficient (Wildman–Crippen LogP) is 3.35. The van der Waals surface area contributed by atoms with Crippen LogP contribution in [0, 0.1) is 0 Å². The van der Waals surface area contributed by atoms with Crippen molar-refractivity contribution >= 4 is 15.9 Å². The highest BCUT2D eigenvalue weighted by Crippen LogP contribution is 2.34. The van der Waals surface area contributed by atoms with Crippen LogP contribution in [-0.2, 0) is 11.2 Å². The Balaban J connectivity index is 2.18. The molecule has 1 saturated carbocycles. The minimum atomic E-state index is -0.150. The van der Waals surface area contributed by atoms with Gasteiger partial charge in [-0.2, -0.15) is 0 Å². The van der Waals surface area contributed by atoms with Gasteiger partial charge in [-0.3, -0.25) is 16.3 Å². The van der Waals surface area contributed by atoms with E-state index >= 15 is 0 Å². The predicted molar refractivity (Wildman–Crippen MR) is 88.8 cm³/mol. The van der Waals surface area contributed by atoms with Crippen molar-refractivity contribution in [1.29, 1.82) is 0 Å². The molecule has 0 radical (unpaired) electrons. The fourth-order valence-electron chi connectivity index (χ4n) is 3.41. The maximum Gasteiger partial charge on any atom is 0.0851 e. The highest BCUT2D eigenvalue weighted by Gasteiger charge is 2.39. The Hall–Kier alpha value is -0.490. The van der Waals surface area contributed by atoms with Gasteiger partial charge in [0.15, 0.2) is 0 Å². The second-order valence-electron chi connectivity index (χ2n) is 5.85. The molecule has 1 aliphatic carbocycles. The van der Waals surface area contributed by atoms with E-state index in [-0.39, 0.29) is 11.6 Å². The normalized spacial score (nSPS) is 20.0. The summed E-state index contributed by atoms with van der Waals surface area (Å²) in [5, 5.41) is 0. The summed E-state index contributed by atoms with van der Waals surface area (Å²) in [4.78, 5) is 4.25. The SMILES string of the molecule is CCOC1(C(Cc2cncc(Br)c2)NN)CCCCCC1. The molecule has 5 heteroatoms. The molecule has 2 rings (SSSR count). The van der Waals surface area contributed by atoms with E-state index in [1.54, 1.807) is 6.20 Å². The number of hydrogen-bond donors (Lipinski definition) is 2. The van der Waals surface area contributed by atoms with Gasteiger partial charge in [-0.05, 0) is 53.7 Å². The van der Waals surface area contributed by atoms with Gasteiger partial charge in [0, 0.05) is 23.5 Å². The second-order valence-corrected chi connectivity index (χ2v) is 6.76. The van der Waals surface area contributed by atoms with E-state index in [1.807, 2.05) is 6.20 Å². The van der Waals surface area contributed by atoms with Crippen molar-refractivity contribution in [2.75, 3.05) is 6.61 Å². The van der Waals surface area contributed by atoms with Crippen LogP contribution >= 0.6 is 15.9 Å². The summed E-state index contributed by atoms with van der Waals surface area (Å²) in [5.41, 5.74) is 4.05. The number of rotatable bonds is 6. The van der Waals surface area contributed by atoms with E-state index in [0.29, 0.717) is 0 Å². The molecule has 1 heterocycles. The molecule has 0 aromatic carbocycles. The summed E-state index contributed by atoms with van der Waals surface area (Å²) in [7, 11) is 0. The van der Waals surface area contributed by atoms with Gasteiger partial charge in [0.2, 0.25) is 0 Å². The summed E-state index contributed by atoms with van der Waals surface area (Å²) >= 11 is 3.48. The van der Waals surface area contributed by atoms with Gasteiger partial charge in [0.1, 0.15) is 0 Å². The molecule has 0 saturated heterocycles. The Kier molecular flexibility index (Phi) is 6.61. The van der Waals surface area contributed by atoms with Gasteiger partial charge in [0.25, 0.3) is 0 Å². The van der Waals surface area contributed by atoms with Crippen molar-refractivity contribution in [3.05, 3.63) is 28.5 Å². The lowest BCUT2D eigenvalue weighted by Gasteiger charge is -2.40. The first-order valence-corrected chi connectivity index (χ1v) is 8.69. The average Bonchev–Trinajstić information content (AvgIpc) is 2.72. The number of halogens is 1. The summed E-state index contributed by atoms with van der Waals surface area (Å²) < 4.78 is 7.23. The monoisotopic (exact) mass is 355 g/mol. The van der Waals surface area contributed by atoms with Crippen LogP contribution < -0.4 is 11.3 Å². The average molecular weight is 356 g/mol. The van der Waals surface area contributed by atoms with E-state index in [0.717, 1.165) is 30.3 Å². The van der Waals surface area contributed by atoms with Crippen molar-refractivity contribution < 1.29 is 4.74 Å². The van der Waals surface area contributed by atoms with Crippen LogP contribution in [0.5, 0.6) is 0 Å². The van der Waals surface area contributed by atoms with Crippen LogP contribution in [0.3, 0.4) is 0 Å². The fraction of sp³-hybridized carbons (Fsp3) is 0.688. The van der Waals surface area contributed by atoms with Crippen molar-refractivity contribution in [3.8, 4) is 0 Å². The van der Waals surface area contributed by atoms with Crippen LogP contribution in [0.15, 0.2) is 22.9 Å². The lowest BCUT2D eigenvalue weighted by atomic mass is 9.83. The standard InChI is InChI=1S/C16H26BrN3O/c1-2-21-16(7-5-3-4-6-8-16)15(20-18)10-13-9-14(17)12-19-11-13/h9,11-12,15,20H,2-8,10,18H2,1H3. The van der Waals surface area contributed by atoms with Crippen LogP contribution in [0.1, 0.15) is 51.0 Å². The first kappa shape index (κ1) is 16.9. The largest absolute Gasteiger partial charge is 0.374 e. The third-order valence-corrected chi connectivity index (χ3v) is 4.85. The Morgan fingerprint density at radius 1 is 1.33 bits per heavy atom. The number of nitrogens with two attached hydrogens (primary N) is 1. The molecule has 1 aliphatic rings. The van der Waals surface area contributed by atoms with E-state index in [9.17, 15) is 0 Å². The molecule has 0 bridgehead atoms. The second kappa shape index (κ2) is 8.22. The fourth-order valence-corrected chi connectivity index (χ4v) is 3.82. The molecule has 0 amide bonds. The topological polar surface area (TPSA) is 60.2 Å². The van der Waals surface area contributed by atoms with Gasteiger partial charge in [-0.25, -0.2) is 0 Å². The quantitative estimate of drug-likeness (QED) is 0.466. The smallest absolute Gasteiger partial charge is 0.0851 e. The Bertz CT molecular complexity index is 433. The zero-order valence-corrected chi connectivity index (χ0v) is 14.4. The van der Waals surface area contributed by atoms with Gasteiger partial charge >= 0.3 is 0 Å². The Morgan fingerprint density at radius 2 is 2.05 bits per heavy atom. The van der Waals surface area contributed by atoms with E-state index in [1.165, 1.54) is 31.2 Å². The molecule has 1 fully saturated rings. The first-order valence-electron chi connectivity index (χ1n) is 7.89. The molecular formula is C16H26BrN3O. The first-order chi connectivity index (χ1) is 10.2. The molecular weight excluding hydrogens is 330 g/mol. The molecule has 21 heavy (non-hydrogen) atoms. The highest BCUT2D eigenvalue weighted by atomic mass is 79.9. The third-order valence-electron chi connectivity index (χ3n) is 4.42. The molecule has 1 unspecified atom stereocenters. The van der Waals surface area contributed by atoms with Crippen LogP contribution in [0.25, 0.3) is 0 Å². The van der Waals surface area contributed by atoms with E-state index in [4.69, 9.17) is 10.6 Å². The van der Waals surface area contributed by atoms with E-state index in [2.05, 4.69) is 39.3 Å². The summed E-state index contributed by atoms with van der Waals surface area (Å²) in [6.45, 7) is 2.80. The maximum atomic E-state index is 6.23. The molecule has 0 aliphatic heterocycles. The Morgan fingerprint density at radius 3 is 2.62 bits per heavy atom. The van der Waals surface area contributed by atoms with Crippen LogP contribution in [-0.4, -0.2) is 23.2 Å². The summed E-state index contributed by atoms with van der Waals surface area (Å²) in [5.74, 6) is 5.89. The van der Waals surface area contributed by atoms with Gasteiger partial charge in [-0.15, -0.1) is 0 Å². The van der Waals surface area contributed by atoms with Crippen molar-refractivity contribution in [3.63, 3.8) is 0 Å². The molecule has 3 N–H and O–H groups in total. The van der Waals surface area contributed by atoms with Crippen molar-refractivity contribution in [2.24, 2.45) is 5.84 Å². The lowest BCUT2D eigenvalue weighted by molar-refractivity contribution is -0.0768. The van der Waals surface area contributed by atoms with Crippen LogP contribution in [0.2, 0.25) is 0 Å². The molecule has 118 valence electrons. The number of aromatic nitrogens is 1. The molecule has 0 spiro atoms. The van der Waals surface area contributed by atoms with Gasteiger partial charge in [-0.1, -0.05) is 25.7 Å². The molecule has 1 aromatic rings. The molecule has 4 nitrogen and oxygen atoms in total. The van der Waals surface area contributed by atoms with Gasteiger partial charge in [0.05, 0.1) is 11.6 Å². The number of hydrogen-bond acceptors (Lipinski definition) is 4. The van der Waals surface area contributed by atoms with Crippen molar-refractivity contribution in [2.45, 2.75) is 63.5 Å². The maximum absolute atomic E-state index is 6.23. The van der Waals surface area contributed by atoms with E-state index < -0.39 is 0 Å². The zero-order valence-electron chi connectivity index (χ0n) is 12.8. The third kappa shape index (κ3) is 4.49. The number of pyridine rings is 1. The molecule has 1 aromatic heterocycles. The minimum absolute atomic E-state index is 0.117. The lowest BCUT2D eigenvalue weighted by Crippen LogP contribution is -2.56. The highest BCUT2D eigenvalue weighted by molar-refractivity contribution is 9.10. The van der Waals surface area contributed by atoms with Crippen LogP contribution in [0.4, 0.5) is 0 Å². The molecule has 1 atom stereocenters. The summed E-state index contributed by atoms with van der Waals surface area (Å²) in [6.07, 6.45) is 11.7. The number of nitrogens with zero attached hydrogens (tertiary/aromatic N) is 1. The number of ether oxygens (including phenoxy) is 1. The van der Waals surface area contributed by atoms with Crippen molar-refractivity contribution in [1.82, 2.24) is 10.4 Å². The zero-order chi connectivity index (χ0) is 15.1. The number of hydrazine groups is 1. The number of nitrogens with one attached hydrogen (secondary N) is 1. The van der Waals surface area contributed by atoms with Gasteiger partial charge < -0.3 is 4.74 Å².